The lowest BCUT2D eigenvalue weighted by Gasteiger charge is -2.35. The van der Waals surface area contributed by atoms with Crippen molar-refractivity contribution in [3.05, 3.63) is 0 Å². The van der Waals surface area contributed by atoms with Crippen LogP contribution in [0.25, 0.3) is 0 Å². The van der Waals surface area contributed by atoms with Crippen LogP contribution >= 0.6 is 12.4 Å². The maximum absolute atomic E-state index is 12.1. The van der Waals surface area contributed by atoms with Crippen LogP contribution in [-0.4, -0.2) is 43.7 Å². The first kappa shape index (κ1) is 16.7. The van der Waals surface area contributed by atoms with Crippen LogP contribution in [0.4, 0.5) is 0 Å². The molecule has 0 saturated carbocycles. The Morgan fingerprint density at radius 1 is 1.53 bits per heavy atom. The smallest absolute Gasteiger partial charge is 0.227 e. The second-order valence-corrected chi connectivity index (χ2v) is 4.90. The first-order chi connectivity index (χ1) is 7.56. The Morgan fingerprint density at radius 3 is 2.71 bits per heavy atom. The van der Waals surface area contributed by atoms with Crippen molar-refractivity contribution in [2.75, 3.05) is 26.8 Å². The summed E-state index contributed by atoms with van der Waals surface area (Å²) in [5, 5.41) is 0. The van der Waals surface area contributed by atoms with Crippen LogP contribution in [0.2, 0.25) is 0 Å². The summed E-state index contributed by atoms with van der Waals surface area (Å²) in [6.45, 7) is 6.12. The summed E-state index contributed by atoms with van der Waals surface area (Å²) in [6, 6.07) is 0.174. The highest BCUT2D eigenvalue weighted by Gasteiger charge is 2.28. The van der Waals surface area contributed by atoms with E-state index in [4.69, 9.17) is 10.5 Å². The molecule has 2 N–H and O–H groups in total. The Bertz CT molecular complexity index is 237. The van der Waals surface area contributed by atoms with Gasteiger partial charge >= 0.3 is 0 Å². The molecule has 0 aromatic heterocycles. The molecule has 1 rings (SSSR count). The standard InChI is InChI=1S/C12H24N2O2.ClH/c1-9(8-16-3)12(15)14-6-4-5-11(7-14)10(2)13;/h9-11H,4-8,13H2,1-3H3;1H. The van der Waals surface area contributed by atoms with Gasteiger partial charge in [-0.25, -0.2) is 0 Å². The number of halogens is 1. The monoisotopic (exact) mass is 264 g/mol. The Labute approximate surface area is 110 Å². The maximum atomic E-state index is 12.1. The average Bonchev–Trinajstić information content (AvgIpc) is 2.28. The van der Waals surface area contributed by atoms with Gasteiger partial charge in [-0.15, -0.1) is 12.4 Å². The number of rotatable bonds is 4. The highest BCUT2D eigenvalue weighted by Crippen LogP contribution is 2.20. The molecule has 1 saturated heterocycles. The van der Waals surface area contributed by atoms with Crippen LogP contribution in [0.5, 0.6) is 0 Å². The molecule has 0 radical (unpaired) electrons. The zero-order valence-corrected chi connectivity index (χ0v) is 11.8. The maximum Gasteiger partial charge on any atom is 0.227 e. The molecule has 1 fully saturated rings. The van der Waals surface area contributed by atoms with Crippen LogP contribution < -0.4 is 5.73 Å². The van der Waals surface area contributed by atoms with E-state index in [-0.39, 0.29) is 30.3 Å². The molecule has 1 aliphatic heterocycles. The Morgan fingerprint density at radius 2 is 2.18 bits per heavy atom. The fraction of sp³-hybridized carbons (Fsp3) is 0.917. The van der Waals surface area contributed by atoms with Gasteiger partial charge in [0.15, 0.2) is 0 Å². The minimum absolute atomic E-state index is 0. The minimum atomic E-state index is -0.0446. The molecule has 1 heterocycles. The zero-order valence-electron chi connectivity index (χ0n) is 11.0. The van der Waals surface area contributed by atoms with Crippen LogP contribution in [0.3, 0.4) is 0 Å². The molecule has 1 aliphatic rings. The number of hydrogen-bond donors (Lipinski definition) is 1. The predicted octanol–water partition coefficient (Wildman–Crippen LogP) is 1.28. The van der Waals surface area contributed by atoms with Crippen LogP contribution in [0.1, 0.15) is 26.7 Å². The molecule has 0 bridgehead atoms. The fourth-order valence-electron chi connectivity index (χ4n) is 2.27. The van der Waals surface area contributed by atoms with Crippen molar-refractivity contribution >= 4 is 18.3 Å². The molecule has 0 aliphatic carbocycles. The van der Waals surface area contributed by atoms with Crippen molar-refractivity contribution in [1.82, 2.24) is 4.90 Å². The predicted molar refractivity (Wildman–Crippen MR) is 71.2 cm³/mol. The molecule has 0 aromatic carbocycles. The van der Waals surface area contributed by atoms with E-state index in [1.807, 2.05) is 18.7 Å². The number of nitrogens with two attached hydrogens (primary N) is 1. The number of hydrogen-bond acceptors (Lipinski definition) is 3. The molecule has 17 heavy (non-hydrogen) atoms. The summed E-state index contributed by atoms with van der Waals surface area (Å²) >= 11 is 0. The van der Waals surface area contributed by atoms with E-state index in [1.54, 1.807) is 7.11 Å². The molecule has 102 valence electrons. The fourth-order valence-corrected chi connectivity index (χ4v) is 2.27. The van der Waals surface area contributed by atoms with E-state index < -0.39 is 0 Å². The van der Waals surface area contributed by atoms with Crippen molar-refractivity contribution in [2.24, 2.45) is 17.6 Å². The normalized spacial score (nSPS) is 23.8. The molecule has 3 atom stereocenters. The van der Waals surface area contributed by atoms with Gasteiger partial charge < -0.3 is 15.4 Å². The van der Waals surface area contributed by atoms with Crippen LogP contribution in [0, 0.1) is 11.8 Å². The number of likely N-dealkylation sites (tertiary alicyclic amines) is 1. The Kier molecular flexibility index (Phi) is 7.75. The topological polar surface area (TPSA) is 55.6 Å². The largest absolute Gasteiger partial charge is 0.384 e. The SMILES string of the molecule is COCC(C)C(=O)N1CCCC(C(C)N)C1.Cl. The first-order valence-electron chi connectivity index (χ1n) is 6.09. The molecule has 4 nitrogen and oxygen atoms in total. The highest BCUT2D eigenvalue weighted by molar-refractivity contribution is 5.85. The van der Waals surface area contributed by atoms with Gasteiger partial charge in [0, 0.05) is 26.2 Å². The quantitative estimate of drug-likeness (QED) is 0.832. The average molecular weight is 265 g/mol. The first-order valence-corrected chi connectivity index (χ1v) is 6.09. The molecule has 0 spiro atoms. The van der Waals surface area contributed by atoms with E-state index in [0.717, 1.165) is 25.9 Å². The van der Waals surface area contributed by atoms with Crippen molar-refractivity contribution in [3.8, 4) is 0 Å². The van der Waals surface area contributed by atoms with Crippen LogP contribution in [0.15, 0.2) is 0 Å². The second kappa shape index (κ2) is 7.90. The third kappa shape index (κ3) is 4.82. The van der Waals surface area contributed by atoms with Crippen molar-refractivity contribution < 1.29 is 9.53 Å². The van der Waals surface area contributed by atoms with Gasteiger partial charge in [0.25, 0.3) is 0 Å². The van der Waals surface area contributed by atoms with E-state index in [1.165, 1.54) is 0 Å². The minimum Gasteiger partial charge on any atom is -0.384 e. The number of carbonyl (C=O) groups excluding carboxylic acids is 1. The molecular formula is C12H25ClN2O2. The summed E-state index contributed by atoms with van der Waals surface area (Å²) in [7, 11) is 1.63. The Balaban J connectivity index is 0.00000256. The number of amides is 1. The van der Waals surface area contributed by atoms with Gasteiger partial charge in [-0.3, -0.25) is 4.79 Å². The number of ether oxygens (including phenoxy) is 1. The van der Waals surface area contributed by atoms with E-state index in [9.17, 15) is 4.79 Å². The van der Waals surface area contributed by atoms with Crippen molar-refractivity contribution in [3.63, 3.8) is 0 Å². The number of piperidine rings is 1. The van der Waals surface area contributed by atoms with Gasteiger partial charge in [0.2, 0.25) is 5.91 Å². The van der Waals surface area contributed by atoms with E-state index in [2.05, 4.69) is 0 Å². The highest BCUT2D eigenvalue weighted by atomic mass is 35.5. The summed E-state index contributed by atoms with van der Waals surface area (Å²) in [5.74, 6) is 0.608. The molecule has 1 amide bonds. The molecular weight excluding hydrogens is 240 g/mol. The number of methoxy groups -OCH3 is 1. The molecule has 5 heteroatoms. The third-order valence-electron chi connectivity index (χ3n) is 3.35. The van der Waals surface area contributed by atoms with Gasteiger partial charge in [-0.1, -0.05) is 6.92 Å². The zero-order chi connectivity index (χ0) is 12.1. The second-order valence-electron chi connectivity index (χ2n) is 4.90. The molecule has 0 aromatic rings. The number of carbonyl (C=O) groups is 1. The Hall–Kier alpha value is -0.320. The lowest BCUT2D eigenvalue weighted by molar-refractivity contribution is -0.138. The van der Waals surface area contributed by atoms with Gasteiger partial charge in [-0.05, 0) is 25.7 Å². The van der Waals surface area contributed by atoms with Crippen molar-refractivity contribution in [2.45, 2.75) is 32.7 Å². The summed E-state index contributed by atoms with van der Waals surface area (Å²) < 4.78 is 5.02. The van der Waals surface area contributed by atoms with Gasteiger partial charge in [-0.2, -0.15) is 0 Å². The van der Waals surface area contributed by atoms with Gasteiger partial charge in [0.05, 0.1) is 12.5 Å². The number of nitrogens with zero attached hydrogens (tertiary/aromatic N) is 1. The van der Waals surface area contributed by atoms with E-state index in [0.29, 0.717) is 12.5 Å². The summed E-state index contributed by atoms with van der Waals surface area (Å²) in [6.07, 6.45) is 2.21. The summed E-state index contributed by atoms with van der Waals surface area (Å²) in [5.41, 5.74) is 5.90. The van der Waals surface area contributed by atoms with E-state index >= 15 is 0 Å². The van der Waals surface area contributed by atoms with Gasteiger partial charge in [0.1, 0.15) is 0 Å². The summed E-state index contributed by atoms with van der Waals surface area (Å²) in [4.78, 5) is 14.0. The lowest BCUT2D eigenvalue weighted by Crippen LogP contribution is -2.47. The van der Waals surface area contributed by atoms with Crippen LogP contribution in [-0.2, 0) is 9.53 Å². The van der Waals surface area contributed by atoms with Crippen molar-refractivity contribution in [1.29, 1.82) is 0 Å². The molecule has 3 unspecified atom stereocenters. The third-order valence-corrected chi connectivity index (χ3v) is 3.35. The lowest BCUT2D eigenvalue weighted by atomic mass is 9.91.